The fourth-order valence-corrected chi connectivity index (χ4v) is 3.77. The highest BCUT2D eigenvalue weighted by Gasteiger charge is 2.24. The predicted molar refractivity (Wildman–Crippen MR) is 104 cm³/mol. The number of aromatic nitrogens is 2. The van der Waals surface area contributed by atoms with E-state index in [1.165, 1.54) is 16.7 Å². The quantitative estimate of drug-likeness (QED) is 0.647. The molecule has 0 saturated carbocycles. The second-order valence-electron chi connectivity index (χ2n) is 6.39. The maximum absolute atomic E-state index is 6.44. The van der Waals surface area contributed by atoms with Crippen molar-refractivity contribution in [2.75, 3.05) is 5.32 Å². The van der Waals surface area contributed by atoms with Crippen LogP contribution >= 0.6 is 23.2 Å². The normalized spacial score (nSPS) is 13.1. The Morgan fingerprint density at radius 2 is 1.92 bits per heavy atom. The first kappa shape index (κ1) is 16.5. The molecule has 1 heterocycles. The van der Waals surface area contributed by atoms with Crippen LogP contribution in [0.2, 0.25) is 10.0 Å². The van der Waals surface area contributed by atoms with Gasteiger partial charge in [0.25, 0.3) is 0 Å². The van der Waals surface area contributed by atoms with Gasteiger partial charge >= 0.3 is 0 Å². The predicted octanol–water partition coefficient (Wildman–Crippen LogP) is 5.59. The molecular weight excluding hydrogens is 353 g/mol. The van der Waals surface area contributed by atoms with Gasteiger partial charge in [-0.1, -0.05) is 53.5 Å². The van der Waals surface area contributed by atoms with Crippen LogP contribution in [0.3, 0.4) is 0 Å². The van der Waals surface area contributed by atoms with Gasteiger partial charge in [-0.15, -0.1) is 0 Å². The maximum atomic E-state index is 6.44. The van der Waals surface area contributed by atoms with Gasteiger partial charge in [-0.3, -0.25) is 0 Å². The number of nitrogens with zero attached hydrogens (tertiary/aromatic N) is 2. The molecule has 128 valence electrons. The average molecular weight is 372 g/mol. The zero-order chi connectivity index (χ0) is 17.4. The molecule has 3 aromatic rings. The summed E-state index contributed by atoms with van der Waals surface area (Å²) in [6.07, 6.45) is 3.21. The van der Waals surface area contributed by atoms with Crippen molar-refractivity contribution in [1.29, 1.82) is 0 Å². The van der Waals surface area contributed by atoms with Crippen LogP contribution in [0.5, 0.6) is 0 Å². The van der Waals surface area contributed by atoms with Gasteiger partial charge in [0.2, 0.25) is 0 Å². The number of anilines is 1. The average Bonchev–Trinajstić information content (AvgIpc) is 3.18. The number of hydrogen-bond donors (Lipinski definition) is 1. The van der Waals surface area contributed by atoms with Gasteiger partial charge in [0.1, 0.15) is 5.82 Å². The van der Waals surface area contributed by atoms with Gasteiger partial charge < -0.3 is 5.32 Å². The van der Waals surface area contributed by atoms with E-state index in [-0.39, 0.29) is 0 Å². The Bertz CT molecular complexity index is 931. The summed E-state index contributed by atoms with van der Waals surface area (Å²) in [5, 5.41) is 9.48. The Balaban J connectivity index is 1.74. The van der Waals surface area contributed by atoms with Gasteiger partial charge in [0.05, 0.1) is 21.4 Å². The lowest BCUT2D eigenvalue weighted by atomic mass is 10.1. The zero-order valence-electron chi connectivity index (χ0n) is 14.0. The van der Waals surface area contributed by atoms with Crippen LogP contribution in [0.4, 0.5) is 5.82 Å². The smallest absolute Gasteiger partial charge is 0.133 e. The molecule has 25 heavy (non-hydrogen) atoms. The summed E-state index contributed by atoms with van der Waals surface area (Å²) < 4.78 is 1.91. The van der Waals surface area contributed by atoms with Crippen LogP contribution in [0.15, 0.2) is 42.5 Å². The second kappa shape index (κ2) is 6.74. The molecule has 1 aliphatic carbocycles. The fourth-order valence-electron chi connectivity index (χ4n) is 3.39. The molecule has 4 rings (SSSR count). The van der Waals surface area contributed by atoms with Crippen molar-refractivity contribution in [1.82, 2.24) is 9.78 Å². The van der Waals surface area contributed by atoms with Crippen molar-refractivity contribution in [2.45, 2.75) is 32.7 Å². The standard InChI is InChI=1S/C20H19Cl2N3/c1-13-6-2-3-7-14(13)12-23-20-15-8-4-10-17(15)24-25(20)18-11-5-9-16(21)19(18)22/h2-3,5-7,9,11,23H,4,8,10,12H2,1H3. The molecular formula is C20H19Cl2N3. The van der Waals surface area contributed by atoms with E-state index in [0.717, 1.165) is 43.0 Å². The van der Waals surface area contributed by atoms with Crippen molar-refractivity contribution in [3.8, 4) is 5.69 Å². The van der Waals surface area contributed by atoms with Crippen LogP contribution < -0.4 is 5.32 Å². The number of benzene rings is 2. The molecule has 1 aromatic heterocycles. The minimum absolute atomic E-state index is 0.532. The van der Waals surface area contributed by atoms with Gasteiger partial charge in [-0.2, -0.15) is 5.10 Å². The molecule has 0 amide bonds. The van der Waals surface area contributed by atoms with Gasteiger partial charge in [0, 0.05) is 12.1 Å². The molecule has 0 fully saturated rings. The van der Waals surface area contributed by atoms with Crippen molar-refractivity contribution in [2.24, 2.45) is 0 Å². The van der Waals surface area contributed by atoms with Crippen molar-refractivity contribution < 1.29 is 0 Å². The molecule has 0 radical (unpaired) electrons. The number of nitrogens with one attached hydrogen (secondary N) is 1. The fraction of sp³-hybridized carbons (Fsp3) is 0.250. The van der Waals surface area contributed by atoms with E-state index in [9.17, 15) is 0 Å². The molecule has 0 saturated heterocycles. The topological polar surface area (TPSA) is 29.9 Å². The van der Waals surface area contributed by atoms with Crippen molar-refractivity contribution in [3.63, 3.8) is 0 Å². The van der Waals surface area contributed by atoms with E-state index in [4.69, 9.17) is 28.3 Å². The molecule has 0 bridgehead atoms. The second-order valence-corrected chi connectivity index (χ2v) is 7.18. The van der Waals surface area contributed by atoms with E-state index >= 15 is 0 Å². The Kier molecular flexibility index (Phi) is 4.45. The molecule has 1 N–H and O–H groups in total. The largest absolute Gasteiger partial charge is 0.366 e. The zero-order valence-corrected chi connectivity index (χ0v) is 15.5. The van der Waals surface area contributed by atoms with E-state index < -0.39 is 0 Å². The van der Waals surface area contributed by atoms with Crippen LogP contribution in [0, 0.1) is 6.92 Å². The monoisotopic (exact) mass is 371 g/mol. The molecule has 1 aliphatic rings. The molecule has 0 spiro atoms. The highest BCUT2D eigenvalue weighted by Crippen LogP contribution is 2.35. The SMILES string of the molecule is Cc1ccccc1CNc1c2c(nn1-c1cccc(Cl)c1Cl)CCC2. The number of halogens is 2. The Labute approximate surface area is 157 Å². The number of fused-ring (bicyclic) bond motifs is 1. The van der Waals surface area contributed by atoms with Crippen molar-refractivity contribution in [3.05, 3.63) is 74.9 Å². The summed E-state index contributed by atoms with van der Waals surface area (Å²) in [6.45, 7) is 2.88. The van der Waals surface area contributed by atoms with Gasteiger partial charge in [-0.05, 0) is 49.4 Å². The maximum Gasteiger partial charge on any atom is 0.133 e. The van der Waals surface area contributed by atoms with Gasteiger partial charge in [-0.25, -0.2) is 4.68 Å². The highest BCUT2D eigenvalue weighted by molar-refractivity contribution is 6.43. The molecule has 0 atom stereocenters. The first-order valence-corrected chi connectivity index (χ1v) is 9.24. The lowest BCUT2D eigenvalue weighted by Crippen LogP contribution is -2.09. The summed E-state index contributed by atoms with van der Waals surface area (Å²) in [7, 11) is 0. The van der Waals surface area contributed by atoms with E-state index in [1.54, 1.807) is 6.07 Å². The van der Waals surface area contributed by atoms with Crippen LogP contribution in [-0.2, 0) is 19.4 Å². The molecule has 0 unspecified atom stereocenters. The first-order chi connectivity index (χ1) is 12.1. The molecule has 2 aromatic carbocycles. The minimum atomic E-state index is 0.532. The van der Waals surface area contributed by atoms with Crippen LogP contribution in [-0.4, -0.2) is 9.78 Å². The Morgan fingerprint density at radius 3 is 2.76 bits per heavy atom. The molecule has 0 aliphatic heterocycles. The van der Waals surface area contributed by atoms with Crippen LogP contribution in [0.25, 0.3) is 5.69 Å². The highest BCUT2D eigenvalue weighted by atomic mass is 35.5. The third-order valence-electron chi connectivity index (χ3n) is 4.77. The number of rotatable bonds is 4. The minimum Gasteiger partial charge on any atom is -0.366 e. The summed E-state index contributed by atoms with van der Waals surface area (Å²) in [6, 6.07) is 14.1. The summed E-state index contributed by atoms with van der Waals surface area (Å²) in [4.78, 5) is 0. The summed E-state index contributed by atoms with van der Waals surface area (Å²) in [5.74, 6) is 1.03. The first-order valence-electron chi connectivity index (χ1n) is 8.48. The van der Waals surface area contributed by atoms with Gasteiger partial charge in [0.15, 0.2) is 0 Å². The lowest BCUT2D eigenvalue weighted by molar-refractivity contribution is 0.800. The molecule has 5 heteroatoms. The van der Waals surface area contributed by atoms with E-state index in [1.807, 2.05) is 16.8 Å². The van der Waals surface area contributed by atoms with Crippen molar-refractivity contribution >= 4 is 29.0 Å². The van der Waals surface area contributed by atoms with Crippen LogP contribution in [0.1, 0.15) is 28.8 Å². The Morgan fingerprint density at radius 1 is 1.08 bits per heavy atom. The third-order valence-corrected chi connectivity index (χ3v) is 5.58. The number of aryl methyl sites for hydroxylation is 2. The number of hydrogen-bond acceptors (Lipinski definition) is 2. The lowest BCUT2D eigenvalue weighted by Gasteiger charge is -2.14. The Hall–Kier alpha value is -1.97. The molecule has 3 nitrogen and oxygen atoms in total. The summed E-state index contributed by atoms with van der Waals surface area (Å²) >= 11 is 12.7. The third kappa shape index (κ3) is 3.03. The van der Waals surface area contributed by atoms with E-state index in [2.05, 4.69) is 36.5 Å². The van der Waals surface area contributed by atoms with E-state index in [0.29, 0.717) is 10.0 Å². The summed E-state index contributed by atoms with van der Waals surface area (Å²) in [5.41, 5.74) is 5.82.